The molecule has 4 heterocycles. The molecule has 2 aliphatic heterocycles. The van der Waals surface area contributed by atoms with Crippen LogP contribution in [0, 0.1) is 11.3 Å². The Hall–Kier alpha value is -7.43. The molecular weight excluding hydrogens is 785 g/mol. The van der Waals surface area contributed by atoms with Gasteiger partial charge in [0.2, 0.25) is 5.91 Å². The van der Waals surface area contributed by atoms with Crippen LogP contribution in [0.3, 0.4) is 0 Å². The van der Waals surface area contributed by atoms with E-state index in [9.17, 15) is 34.0 Å². The van der Waals surface area contributed by atoms with Crippen LogP contribution in [-0.2, 0) is 40.6 Å². The minimum absolute atomic E-state index is 0.00258. The van der Waals surface area contributed by atoms with E-state index in [1.807, 2.05) is 24.0 Å². The van der Waals surface area contributed by atoms with Crippen LogP contribution in [0.5, 0.6) is 0 Å². The summed E-state index contributed by atoms with van der Waals surface area (Å²) in [5.74, 6) is 9.60. The number of nitrogens with zero attached hydrogens (tertiary/aromatic N) is 4. The summed E-state index contributed by atoms with van der Waals surface area (Å²) in [4.78, 5) is 81.6. The first-order valence-corrected chi connectivity index (χ1v) is 20.8. The normalized spacial score (nSPS) is 16.8. The number of fused-ring (bicyclic) bond motifs is 5. The number of nitriles is 1. The molecule has 4 N–H and O–H groups in total. The third kappa shape index (κ3) is 7.08. The number of carbonyl (C=O) groups is 1. The summed E-state index contributed by atoms with van der Waals surface area (Å²) in [6.07, 6.45) is 1.62. The first kappa shape index (κ1) is 41.3. The Morgan fingerprint density at radius 3 is 2.39 bits per heavy atom. The number of benzene rings is 3. The molecule has 1 amide bonds. The highest BCUT2D eigenvalue weighted by atomic mass is 16.1. The summed E-state index contributed by atoms with van der Waals surface area (Å²) in [6, 6.07) is 16.5. The maximum atomic E-state index is 13.0. The number of H-pyrrole nitrogens is 1. The van der Waals surface area contributed by atoms with Crippen molar-refractivity contribution in [1.29, 1.82) is 5.26 Å². The number of anilines is 2. The van der Waals surface area contributed by atoms with Gasteiger partial charge in [0.25, 0.3) is 0 Å². The van der Waals surface area contributed by atoms with Crippen molar-refractivity contribution in [2.45, 2.75) is 57.9 Å². The van der Waals surface area contributed by atoms with Crippen molar-refractivity contribution < 1.29 is 28.8 Å². The monoisotopic (exact) mass is 828 g/mol. The van der Waals surface area contributed by atoms with Gasteiger partial charge in [0.1, 0.15) is 39.9 Å². The lowest BCUT2D eigenvalue weighted by atomic mass is 9.69. The number of piperidine rings is 1. The third-order valence-corrected chi connectivity index (χ3v) is 12.6. The van der Waals surface area contributed by atoms with E-state index in [4.69, 9.17) is 0 Å². The average molecular weight is 829 g/mol. The molecule has 2 aromatic heterocycles. The van der Waals surface area contributed by atoms with Crippen molar-refractivity contribution in [3.8, 4) is 6.07 Å². The van der Waals surface area contributed by atoms with Gasteiger partial charge in [0, 0.05) is 108 Å². The Morgan fingerprint density at radius 1 is 0.903 bits per heavy atom. The summed E-state index contributed by atoms with van der Waals surface area (Å²) in [5, 5.41) is 20.3. The summed E-state index contributed by atoms with van der Waals surface area (Å²) in [5.41, 5.74) is 8.20. The molecule has 8 rings (SSSR count). The van der Waals surface area contributed by atoms with E-state index in [1.165, 1.54) is 4.57 Å². The summed E-state index contributed by atoms with van der Waals surface area (Å²) < 4.78 is 1.41. The third-order valence-electron chi connectivity index (χ3n) is 12.6. The molecule has 0 saturated carbocycles. The Morgan fingerprint density at radius 2 is 1.69 bits per heavy atom. The van der Waals surface area contributed by atoms with Gasteiger partial charge in [0.15, 0.2) is 11.9 Å². The highest BCUT2D eigenvalue weighted by Gasteiger charge is 2.39. The Bertz CT molecular complexity index is 3060. The minimum Gasteiger partial charge on any atom is -0.383 e. The fourth-order valence-corrected chi connectivity index (χ4v) is 9.46. The van der Waals surface area contributed by atoms with Gasteiger partial charge in [-0.05, 0) is 59.9 Å². The van der Waals surface area contributed by atoms with Crippen molar-refractivity contribution in [2.24, 2.45) is 0 Å². The lowest BCUT2D eigenvalue weighted by Crippen LogP contribution is -2.47. The quantitative estimate of drug-likeness (QED) is 0.120. The molecule has 0 radical (unpaired) electrons. The molecule has 2 fully saturated rings. The largest absolute Gasteiger partial charge is 0.383 e. The van der Waals surface area contributed by atoms with E-state index < -0.39 is 11.5 Å². The van der Waals surface area contributed by atoms with Crippen LogP contribution in [0.15, 0.2) is 59.9 Å². The fraction of sp³-hybridized carbons (Fsp3) is 0.333. The number of aromatic amines is 1. The zero-order valence-electron chi connectivity index (χ0n) is 34.7. The molecule has 5 aromatic rings. The number of piperazine rings is 1. The fourth-order valence-electron chi connectivity index (χ4n) is 9.46. The number of rotatable bonds is 10. The van der Waals surface area contributed by atoms with Crippen LogP contribution < -0.4 is 31.5 Å². The first-order valence-electron chi connectivity index (χ1n) is 20.8. The molecule has 1 unspecified atom stereocenters. The Kier molecular flexibility index (Phi) is 11.3. The van der Waals surface area contributed by atoms with Crippen molar-refractivity contribution in [3.05, 3.63) is 104 Å². The topological polar surface area (TPSA) is 189 Å². The second kappa shape index (κ2) is 16.9. The van der Waals surface area contributed by atoms with E-state index in [0.29, 0.717) is 53.7 Å². The summed E-state index contributed by atoms with van der Waals surface area (Å²) in [6.45, 7) is 10.8. The smallest absolute Gasteiger partial charge is 0.221 e. The molecule has 3 aliphatic rings. The van der Waals surface area contributed by atoms with E-state index in [-0.39, 0.29) is 40.8 Å². The van der Waals surface area contributed by atoms with E-state index in [1.54, 1.807) is 36.1 Å². The molecular formula is C48H44N8O6. The molecule has 312 valence electrons. The van der Waals surface area contributed by atoms with Gasteiger partial charge in [0.05, 0.1) is 23.2 Å². The molecule has 0 bridgehead atoms. The Labute approximate surface area is 356 Å². The number of hydrogen-bond acceptors (Lipinski definition) is 11. The number of aryl methyl sites for hydroxylation is 1. The SMILES string of the molecule is CCc1cc2c(cc1N1CCN(CCC(=O)NCCNc3cccc4c(=C=O)n(C5CCC(=C=O)NC5=C=O)c(=C=O)c34)CC1)C(C)(C)c1[nH]c3cc(C#N)ccc3c1C2=C=O. The number of carbonyl (C=O) groups excluding carboxylic acids is 6. The molecule has 0 spiro atoms. The van der Waals surface area contributed by atoms with Gasteiger partial charge >= 0.3 is 0 Å². The highest BCUT2D eigenvalue weighted by Crippen LogP contribution is 2.49. The number of nitrogens with one attached hydrogen (secondary N) is 4. The highest BCUT2D eigenvalue weighted by molar-refractivity contribution is 6.10. The van der Waals surface area contributed by atoms with E-state index in [2.05, 4.69) is 75.6 Å². The number of aromatic nitrogens is 2. The number of allylic oxidation sites excluding steroid dienone is 2. The van der Waals surface area contributed by atoms with Gasteiger partial charge < -0.3 is 30.4 Å². The van der Waals surface area contributed by atoms with Crippen molar-refractivity contribution in [2.75, 3.05) is 56.0 Å². The van der Waals surface area contributed by atoms with Gasteiger partial charge in [-0.2, -0.15) is 5.26 Å². The lowest BCUT2D eigenvalue weighted by Gasteiger charge is -2.39. The summed E-state index contributed by atoms with van der Waals surface area (Å²) >= 11 is 0. The molecule has 1 aliphatic carbocycles. The lowest BCUT2D eigenvalue weighted by molar-refractivity contribution is -0.121. The zero-order chi connectivity index (χ0) is 43.7. The second-order valence-corrected chi connectivity index (χ2v) is 16.4. The predicted octanol–water partition coefficient (Wildman–Crippen LogP) is 2.56. The Balaban J connectivity index is 0.888. The zero-order valence-corrected chi connectivity index (χ0v) is 34.7. The van der Waals surface area contributed by atoms with Gasteiger partial charge in [-0.1, -0.05) is 39.0 Å². The van der Waals surface area contributed by atoms with Crippen molar-refractivity contribution in [1.82, 2.24) is 25.1 Å². The maximum Gasteiger partial charge on any atom is 0.221 e. The van der Waals surface area contributed by atoms with Gasteiger partial charge in [-0.15, -0.1) is 0 Å². The number of hydrogen-bond donors (Lipinski definition) is 4. The average Bonchev–Trinajstić information content (AvgIpc) is 3.85. The second-order valence-electron chi connectivity index (χ2n) is 16.4. The predicted molar refractivity (Wildman–Crippen MR) is 235 cm³/mol. The first-order chi connectivity index (χ1) is 30.1. The molecule has 2 saturated heterocycles. The van der Waals surface area contributed by atoms with Crippen LogP contribution in [0.4, 0.5) is 11.4 Å². The van der Waals surface area contributed by atoms with Crippen molar-refractivity contribution >= 4 is 74.2 Å². The maximum absolute atomic E-state index is 13.0. The molecule has 14 heteroatoms. The van der Waals surface area contributed by atoms with E-state index in [0.717, 1.165) is 77.1 Å². The van der Waals surface area contributed by atoms with Crippen LogP contribution in [0.2, 0.25) is 0 Å². The van der Waals surface area contributed by atoms with Crippen LogP contribution in [0.1, 0.15) is 79.6 Å². The molecule has 62 heavy (non-hydrogen) atoms. The van der Waals surface area contributed by atoms with Crippen LogP contribution in [0.25, 0.3) is 27.2 Å². The molecule has 14 nitrogen and oxygen atoms in total. The van der Waals surface area contributed by atoms with Crippen LogP contribution >= 0.6 is 0 Å². The summed E-state index contributed by atoms with van der Waals surface area (Å²) in [7, 11) is 0. The minimum atomic E-state index is -0.766. The molecule has 1 atom stereocenters. The van der Waals surface area contributed by atoms with E-state index >= 15 is 0 Å². The standard InChI is InChI=1S/C48H44N8O6/c1-4-30-21-34-35(25-58)45-32-10-8-29(23-49)20-38(32)53-47(45)48(2,3)36(34)22-41(30)55-18-16-54(17-19-55)15-12-44(62)51-14-13-50-37-7-5-6-33-42(27-60)56(43(28-61)46(33)37)40-11-9-31(24-57)52-39(40)26-59/h5-8,10,20-22,40,50,52-53H,4,9,11-19H2,1-3H3,(H,51,62). The van der Waals surface area contributed by atoms with Gasteiger partial charge in [-0.3, -0.25) is 9.69 Å². The molecule has 3 aromatic carbocycles. The van der Waals surface area contributed by atoms with Crippen molar-refractivity contribution in [3.63, 3.8) is 0 Å². The van der Waals surface area contributed by atoms with Crippen LogP contribution in [-0.4, -0.2) is 95.9 Å². The van der Waals surface area contributed by atoms with Gasteiger partial charge in [-0.25, -0.2) is 24.0 Å². The number of amides is 1.